The number of aliphatic imine (C=N–C) groups is 1. The Bertz CT molecular complexity index is 804. The number of carbonyl (C=O) groups excluding carboxylic acids is 2. The number of hydrogen-bond acceptors (Lipinski definition) is 3. The fourth-order valence-corrected chi connectivity index (χ4v) is 2.34. The van der Waals surface area contributed by atoms with Gasteiger partial charge in [0.2, 0.25) is 5.91 Å². The molecule has 2 aromatic rings. The van der Waals surface area contributed by atoms with Gasteiger partial charge in [0.15, 0.2) is 5.96 Å². The fraction of sp³-hybridized carbons (Fsp3) is 0.250. The Balaban J connectivity index is 0.00000392. The summed E-state index contributed by atoms with van der Waals surface area (Å²) in [7, 11) is 1.72. The lowest BCUT2D eigenvalue weighted by Crippen LogP contribution is -2.36. The van der Waals surface area contributed by atoms with Crippen LogP contribution in [0.1, 0.15) is 27.0 Å². The summed E-state index contributed by atoms with van der Waals surface area (Å²) in [6.45, 7) is 3.13. The normalized spacial score (nSPS) is 10.6. The number of benzene rings is 2. The van der Waals surface area contributed by atoms with Gasteiger partial charge in [-0.1, -0.05) is 42.0 Å². The number of nitrogens with two attached hydrogens (primary N) is 1. The van der Waals surface area contributed by atoms with Crippen molar-refractivity contribution in [1.82, 2.24) is 16.0 Å². The Morgan fingerprint density at radius 2 is 1.39 bits per heavy atom. The molecule has 0 radical (unpaired) electrons. The Labute approximate surface area is 182 Å². The van der Waals surface area contributed by atoms with Gasteiger partial charge in [-0.2, -0.15) is 0 Å². The van der Waals surface area contributed by atoms with E-state index in [0.29, 0.717) is 24.6 Å². The molecule has 0 saturated carbocycles. The van der Waals surface area contributed by atoms with Gasteiger partial charge in [-0.15, -0.1) is 24.0 Å². The number of rotatable bonds is 7. The second-order valence-electron chi connectivity index (χ2n) is 6.11. The molecule has 8 heteroatoms. The maximum atomic E-state index is 11.9. The summed E-state index contributed by atoms with van der Waals surface area (Å²) >= 11 is 0. The molecule has 28 heavy (non-hydrogen) atoms. The number of aryl methyl sites for hydroxylation is 1. The second-order valence-corrected chi connectivity index (χ2v) is 6.11. The van der Waals surface area contributed by atoms with Gasteiger partial charge < -0.3 is 21.7 Å². The predicted molar refractivity (Wildman–Crippen MR) is 122 cm³/mol. The third kappa shape index (κ3) is 7.95. The minimum atomic E-state index is -0.575. The summed E-state index contributed by atoms with van der Waals surface area (Å²) in [6.07, 6.45) is 0. The molecule has 0 heterocycles. The molecule has 0 aliphatic heterocycles. The minimum Gasteiger partial charge on any atom is -0.368 e. The molecule has 0 aromatic heterocycles. The molecule has 0 saturated heterocycles. The number of carbonyl (C=O) groups is 2. The first kappa shape index (κ1) is 23.4. The van der Waals surface area contributed by atoms with E-state index in [-0.39, 0.29) is 36.4 Å². The van der Waals surface area contributed by atoms with Gasteiger partial charge in [0.25, 0.3) is 5.91 Å². The summed E-state index contributed by atoms with van der Waals surface area (Å²) in [5.41, 5.74) is 8.89. The number of halogens is 1. The number of guanidine groups is 1. The van der Waals surface area contributed by atoms with E-state index in [2.05, 4.69) is 52.1 Å². The molecular weight excluding hydrogens is 469 g/mol. The summed E-state index contributed by atoms with van der Waals surface area (Å²) in [5.74, 6) is -0.212. The average Bonchev–Trinajstić information content (AvgIpc) is 2.68. The standard InChI is InChI=1S/C20H25N5O2.HI/c1-14-3-5-15(6-4-14)11-24-20(22-2)25-12-16-7-9-17(10-8-16)19(27)23-13-18(21)26;/h3-10H,11-13H2,1-2H3,(H2,21,26)(H,23,27)(H2,22,24,25);1H. The largest absolute Gasteiger partial charge is 0.368 e. The number of amides is 2. The van der Waals surface area contributed by atoms with Crippen LogP contribution in [0.4, 0.5) is 0 Å². The van der Waals surface area contributed by atoms with Crippen LogP contribution in [0.2, 0.25) is 0 Å². The van der Waals surface area contributed by atoms with Gasteiger partial charge in [-0.25, -0.2) is 0 Å². The van der Waals surface area contributed by atoms with Crippen molar-refractivity contribution >= 4 is 41.8 Å². The van der Waals surface area contributed by atoms with Crippen LogP contribution >= 0.6 is 24.0 Å². The van der Waals surface area contributed by atoms with Crippen LogP contribution in [0.25, 0.3) is 0 Å². The molecule has 0 bridgehead atoms. The number of nitrogens with one attached hydrogen (secondary N) is 3. The molecule has 0 fully saturated rings. The lowest BCUT2D eigenvalue weighted by atomic mass is 10.1. The Hall–Kier alpha value is -2.62. The van der Waals surface area contributed by atoms with Crippen molar-refractivity contribution in [3.63, 3.8) is 0 Å². The SMILES string of the molecule is CN=C(NCc1ccc(C)cc1)NCc1ccc(C(=O)NCC(N)=O)cc1.I. The van der Waals surface area contributed by atoms with E-state index in [0.717, 1.165) is 5.56 Å². The van der Waals surface area contributed by atoms with Crippen LogP contribution in [0.15, 0.2) is 53.5 Å². The maximum Gasteiger partial charge on any atom is 0.251 e. The van der Waals surface area contributed by atoms with Crippen LogP contribution < -0.4 is 21.7 Å². The Morgan fingerprint density at radius 1 is 0.893 bits per heavy atom. The van der Waals surface area contributed by atoms with E-state index in [1.165, 1.54) is 11.1 Å². The Kier molecular flexibility index (Phi) is 10.0. The highest BCUT2D eigenvalue weighted by molar-refractivity contribution is 14.0. The zero-order chi connectivity index (χ0) is 19.6. The van der Waals surface area contributed by atoms with Crippen LogP contribution in [0, 0.1) is 6.92 Å². The highest BCUT2D eigenvalue weighted by Crippen LogP contribution is 2.05. The van der Waals surface area contributed by atoms with E-state index in [4.69, 9.17) is 5.73 Å². The average molecular weight is 495 g/mol. The van der Waals surface area contributed by atoms with E-state index in [1.807, 2.05) is 12.1 Å². The summed E-state index contributed by atoms with van der Waals surface area (Å²) in [5, 5.41) is 8.95. The molecule has 0 aliphatic carbocycles. The van der Waals surface area contributed by atoms with Crippen LogP contribution in [-0.4, -0.2) is 31.4 Å². The van der Waals surface area contributed by atoms with Crippen molar-refractivity contribution in [2.45, 2.75) is 20.0 Å². The summed E-state index contributed by atoms with van der Waals surface area (Å²) in [4.78, 5) is 26.8. The quantitative estimate of drug-likeness (QED) is 0.266. The van der Waals surface area contributed by atoms with E-state index in [1.54, 1.807) is 19.2 Å². The van der Waals surface area contributed by atoms with Crippen molar-refractivity contribution in [2.24, 2.45) is 10.7 Å². The first-order chi connectivity index (χ1) is 13.0. The van der Waals surface area contributed by atoms with Gasteiger partial charge in [-0.3, -0.25) is 14.6 Å². The molecule has 0 aliphatic rings. The maximum absolute atomic E-state index is 11.9. The predicted octanol–water partition coefficient (Wildman–Crippen LogP) is 1.69. The number of primary amides is 1. The molecular formula is C20H26IN5O2. The highest BCUT2D eigenvalue weighted by atomic mass is 127. The van der Waals surface area contributed by atoms with Gasteiger partial charge in [0, 0.05) is 25.7 Å². The zero-order valence-corrected chi connectivity index (χ0v) is 18.3. The fourth-order valence-electron chi connectivity index (χ4n) is 2.34. The van der Waals surface area contributed by atoms with Crippen LogP contribution in [-0.2, 0) is 17.9 Å². The Morgan fingerprint density at radius 3 is 1.86 bits per heavy atom. The topological polar surface area (TPSA) is 109 Å². The van der Waals surface area contributed by atoms with Crippen molar-refractivity contribution in [3.8, 4) is 0 Å². The monoisotopic (exact) mass is 495 g/mol. The van der Waals surface area contributed by atoms with Crippen molar-refractivity contribution in [2.75, 3.05) is 13.6 Å². The van der Waals surface area contributed by atoms with E-state index >= 15 is 0 Å². The smallest absolute Gasteiger partial charge is 0.251 e. The summed E-state index contributed by atoms with van der Waals surface area (Å²) < 4.78 is 0. The lowest BCUT2D eigenvalue weighted by molar-refractivity contribution is -0.117. The van der Waals surface area contributed by atoms with Gasteiger partial charge in [-0.05, 0) is 30.2 Å². The van der Waals surface area contributed by atoms with Crippen LogP contribution in [0.3, 0.4) is 0 Å². The van der Waals surface area contributed by atoms with E-state index in [9.17, 15) is 9.59 Å². The first-order valence-corrected chi connectivity index (χ1v) is 8.63. The summed E-state index contributed by atoms with van der Waals surface area (Å²) in [6, 6.07) is 15.4. The molecule has 2 rings (SSSR count). The molecule has 2 aromatic carbocycles. The molecule has 0 unspecified atom stereocenters. The molecule has 2 amide bonds. The minimum absolute atomic E-state index is 0. The van der Waals surface area contributed by atoms with Gasteiger partial charge >= 0.3 is 0 Å². The number of nitrogens with zero attached hydrogens (tertiary/aromatic N) is 1. The number of hydrogen-bond donors (Lipinski definition) is 4. The van der Waals surface area contributed by atoms with Gasteiger partial charge in [0.05, 0.1) is 6.54 Å². The van der Waals surface area contributed by atoms with Crippen molar-refractivity contribution in [3.05, 3.63) is 70.8 Å². The van der Waals surface area contributed by atoms with E-state index < -0.39 is 5.91 Å². The molecule has 7 nitrogen and oxygen atoms in total. The van der Waals surface area contributed by atoms with Crippen molar-refractivity contribution in [1.29, 1.82) is 0 Å². The zero-order valence-electron chi connectivity index (χ0n) is 16.0. The van der Waals surface area contributed by atoms with Crippen molar-refractivity contribution < 1.29 is 9.59 Å². The van der Waals surface area contributed by atoms with Crippen LogP contribution in [0.5, 0.6) is 0 Å². The highest BCUT2D eigenvalue weighted by Gasteiger charge is 2.06. The molecule has 5 N–H and O–H groups in total. The molecule has 0 atom stereocenters. The third-order valence-corrected chi connectivity index (χ3v) is 3.90. The third-order valence-electron chi connectivity index (χ3n) is 3.90. The van der Waals surface area contributed by atoms with Gasteiger partial charge in [0.1, 0.15) is 0 Å². The first-order valence-electron chi connectivity index (χ1n) is 8.63. The lowest BCUT2D eigenvalue weighted by Gasteiger charge is -2.12. The molecule has 0 spiro atoms. The molecule has 150 valence electrons. The second kappa shape index (κ2) is 12.0.